The topological polar surface area (TPSA) is 30.0 Å². The van der Waals surface area contributed by atoms with Crippen LogP contribution in [0.3, 0.4) is 0 Å². The molecule has 0 atom stereocenters. The minimum absolute atomic E-state index is 0.00770. The van der Waals surface area contributed by atoms with Gasteiger partial charge in [-0.25, -0.2) is 4.98 Å². The summed E-state index contributed by atoms with van der Waals surface area (Å²) in [4.78, 5) is 16.6. The molecule has 82 valence electrons. The van der Waals surface area contributed by atoms with E-state index >= 15 is 0 Å². The molecule has 4 heteroatoms. The van der Waals surface area contributed by atoms with E-state index < -0.39 is 0 Å². The van der Waals surface area contributed by atoms with Gasteiger partial charge in [-0.05, 0) is 19.1 Å². The van der Waals surface area contributed by atoms with Crippen molar-refractivity contribution in [3.05, 3.63) is 39.2 Å². The summed E-state index contributed by atoms with van der Waals surface area (Å²) in [6, 6.07) is 7.47. The maximum absolute atomic E-state index is 11.2. The molecule has 0 bridgehead atoms. The summed E-state index contributed by atoms with van der Waals surface area (Å²) >= 11 is 7.25. The number of carbonyl (C=O) groups excluding carboxylic acids is 1. The molecule has 2 nitrogen and oxygen atoms in total. The second-order valence-electron chi connectivity index (χ2n) is 3.49. The van der Waals surface area contributed by atoms with E-state index in [1.165, 1.54) is 18.3 Å². The van der Waals surface area contributed by atoms with Crippen LogP contribution in [0.2, 0.25) is 5.02 Å². The molecule has 2 aromatic rings. The number of ketones is 1. The molecule has 1 aromatic heterocycles. The first-order valence-electron chi connectivity index (χ1n) is 4.82. The zero-order chi connectivity index (χ0) is 11.7. The van der Waals surface area contributed by atoms with Gasteiger partial charge in [0.2, 0.25) is 0 Å². The number of nitrogens with zero attached hydrogens (tertiary/aromatic N) is 1. The number of hydrogen-bond acceptors (Lipinski definition) is 3. The first kappa shape index (κ1) is 11.3. The number of aromatic nitrogens is 1. The number of halogens is 1. The lowest BCUT2D eigenvalue weighted by molar-refractivity contribution is 0.101. The van der Waals surface area contributed by atoms with E-state index in [2.05, 4.69) is 4.98 Å². The molecule has 16 heavy (non-hydrogen) atoms. The zero-order valence-corrected chi connectivity index (χ0v) is 10.5. The third kappa shape index (κ3) is 2.15. The predicted molar refractivity (Wildman–Crippen MR) is 67.3 cm³/mol. The zero-order valence-electron chi connectivity index (χ0n) is 8.95. The number of aryl methyl sites for hydroxylation is 1. The normalized spacial score (nSPS) is 10.4. The van der Waals surface area contributed by atoms with E-state index in [9.17, 15) is 4.79 Å². The smallest absolute Gasteiger partial charge is 0.188 e. The quantitative estimate of drug-likeness (QED) is 0.756. The molecular weight excluding hydrogens is 242 g/mol. The van der Waals surface area contributed by atoms with E-state index in [1.54, 1.807) is 0 Å². The number of hydrogen-bond donors (Lipinski definition) is 0. The molecule has 0 unspecified atom stereocenters. The van der Waals surface area contributed by atoms with Gasteiger partial charge in [0.15, 0.2) is 10.8 Å². The van der Waals surface area contributed by atoms with Crippen LogP contribution in [0.25, 0.3) is 11.3 Å². The van der Waals surface area contributed by atoms with Crippen LogP contribution < -0.4 is 0 Å². The minimum Gasteiger partial charge on any atom is -0.292 e. The van der Waals surface area contributed by atoms with Crippen molar-refractivity contribution in [1.82, 2.24) is 4.98 Å². The SMILES string of the molecule is CC(=O)c1nc(-c2ccc(Cl)cc2)c(C)s1. The Morgan fingerprint density at radius 2 is 1.94 bits per heavy atom. The second-order valence-corrected chi connectivity index (χ2v) is 5.13. The van der Waals surface area contributed by atoms with Gasteiger partial charge < -0.3 is 0 Å². The monoisotopic (exact) mass is 251 g/mol. The Balaban J connectivity index is 2.47. The van der Waals surface area contributed by atoms with Crippen molar-refractivity contribution in [3.8, 4) is 11.3 Å². The van der Waals surface area contributed by atoms with Gasteiger partial charge in [0.1, 0.15) is 0 Å². The van der Waals surface area contributed by atoms with Crippen molar-refractivity contribution >= 4 is 28.7 Å². The highest BCUT2D eigenvalue weighted by Crippen LogP contribution is 2.28. The Morgan fingerprint density at radius 3 is 2.44 bits per heavy atom. The van der Waals surface area contributed by atoms with Crippen LogP contribution in [0.4, 0.5) is 0 Å². The molecular formula is C12H10ClNOS. The molecule has 1 heterocycles. The Kier molecular flexibility index (Phi) is 3.08. The maximum atomic E-state index is 11.2. The first-order valence-corrected chi connectivity index (χ1v) is 6.01. The van der Waals surface area contributed by atoms with Crippen LogP contribution in [-0.4, -0.2) is 10.8 Å². The number of rotatable bonds is 2. The molecule has 0 saturated carbocycles. The van der Waals surface area contributed by atoms with Crippen LogP contribution in [0.15, 0.2) is 24.3 Å². The predicted octanol–water partition coefficient (Wildman–Crippen LogP) is 3.97. The van der Waals surface area contributed by atoms with Crippen LogP contribution in [0.5, 0.6) is 0 Å². The van der Waals surface area contributed by atoms with Crippen molar-refractivity contribution in [1.29, 1.82) is 0 Å². The van der Waals surface area contributed by atoms with Gasteiger partial charge in [-0.3, -0.25) is 4.79 Å². The molecule has 0 radical (unpaired) electrons. The van der Waals surface area contributed by atoms with Gasteiger partial charge in [-0.15, -0.1) is 11.3 Å². The van der Waals surface area contributed by atoms with Crippen molar-refractivity contribution in [3.63, 3.8) is 0 Å². The van der Waals surface area contributed by atoms with E-state index in [4.69, 9.17) is 11.6 Å². The van der Waals surface area contributed by atoms with Gasteiger partial charge >= 0.3 is 0 Å². The summed E-state index contributed by atoms with van der Waals surface area (Å²) in [5.74, 6) is 0.00770. The number of thiazole rings is 1. The number of benzene rings is 1. The molecule has 0 spiro atoms. The van der Waals surface area contributed by atoms with Crippen molar-refractivity contribution in [2.24, 2.45) is 0 Å². The van der Waals surface area contributed by atoms with E-state index in [0.29, 0.717) is 10.0 Å². The average Bonchev–Trinajstić information content (AvgIpc) is 2.62. The largest absolute Gasteiger partial charge is 0.292 e. The first-order chi connectivity index (χ1) is 7.58. The third-order valence-corrected chi connectivity index (χ3v) is 3.54. The lowest BCUT2D eigenvalue weighted by Gasteiger charge is -1.98. The van der Waals surface area contributed by atoms with Gasteiger partial charge in [-0.1, -0.05) is 23.7 Å². The van der Waals surface area contributed by atoms with Crippen molar-refractivity contribution in [2.45, 2.75) is 13.8 Å². The Hall–Kier alpha value is -1.19. The summed E-state index contributed by atoms with van der Waals surface area (Å²) < 4.78 is 0. The summed E-state index contributed by atoms with van der Waals surface area (Å²) in [6.07, 6.45) is 0. The fraction of sp³-hybridized carbons (Fsp3) is 0.167. The molecule has 0 N–H and O–H groups in total. The van der Waals surface area contributed by atoms with Gasteiger partial charge in [0.25, 0.3) is 0 Å². The van der Waals surface area contributed by atoms with E-state index in [-0.39, 0.29) is 5.78 Å². The van der Waals surface area contributed by atoms with Gasteiger partial charge in [0.05, 0.1) is 5.69 Å². The molecule has 0 aliphatic rings. The molecule has 0 fully saturated rings. The molecule has 0 aliphatic heterocycles. The lowest BCUT2D eigenvalue weighted by atomic mass is 10.1. The second kappa shape index (κ2) is 4.36. The Bertz CT molecular complexity index is 530. The highest BCUT2D eigenvalue weighted by atomic mass is 35.5. The van der Waals surface area contributed by atoms with E-state index in [0.717, 1.165) is 16.1 Å². The lowest BCUT2D eigenvalue weighted by Crippen LogP contribution is -1.89. The Labute approximate surface area is 103 Å². The Morgan fingerprint density at radius 1 is 1.31 bits per heavy atom. The third-order valence-electron chi connectivity index (χ3n) is 2.22. The van der Waals surface area contributed by atoms with Crippen molar-refractivity contribution < 1.29 is 4.79 Å². The molecule has 2 rings (SSSR count). The summed E-state index contributed by atoms with van der Waals surface area (Å²) in [7, 11) is 0. The van der Waals surface area contributed by atoms with Crippen LogP contribution in [0.1, 0.15) is 21.6 Å². The van der Waals surface area contributed by atoms with Crippen LogP contribution in [0, 0.1) is 6.92 Å². The van der Waals surface area contributed by atoms with Crippen molar-refractivity contribution in [2.75, 3.05) is 0 Å². The summed E-state index contributed by atoms with van der Waals surface area (Å²) in [5, 5.41) is 1.26. The highest BCUT2D eigenvalue weighted by molar-refractivity contribution is 7.14. The fourth-order valence-electron chi connectivity index (χ4n) is 1.42. The number of Topliss-reactive ketones (excluding diaryl/α,β-unsaturated/α-hetero) is 1. The maximum Gasteiger partial charge on any atom is 0.188 e. The summed E-state index contributed by atoms with van der Waals surface area (Å²) in [5.41, 5.74) is 1.86. The summed E-state index contributed by atoms with van der Waals surface area (Å²) in [6.45, 7) is 3.50. The van der Waals surface area contributed by atoms with Gasteiger partial charge in [-0.2, -0.15) is 0 Å². The highest BCUT2D eigenvalue weighted by Gasteiger charge is 2.12. The molecule has 0 saturated heterocycles. The minimum atomic E-state index is 0.00770. The standard InChI is InChI=1S/C12H10ClNOS/c1-7(15)12-14-11(8(2)16-12)9-3-5-10(13)6-4-9/h3-6H,1-2H3. The van der Waals surface area contributed by atoms with Crippen LogP contribution >= 0.6 is 22.9 Å². The molecule has 0 aliphatic carbocycles. The average molecular weight is 252 g/mol. The van der Waals surface area contributed by atoms with Crippen LogP contribution in [-0.2, 0) is 0 Å². The van der Waals surface area contributed by atoms with Gasteiger partial charge in [0, 0.05) is 22.4 Å². The van der Waals surface area contributed by atoms with E-state index in [1.807, 2.05) is 31.2 Å². The molecule has 1 aromatic carbocycles. The molecule has 0 amide bonds. The number of carbonyl (C=O) groups is 1. The fourth-order valence-corrected chi connectivity index (χ4v) is 2.38.